The molecule has 2 saturated carbocycles. The number of carbonyl (C=O) groups excluding carboxylic acids is 1. The van der Waals surface area contributed by atoms with Crippen molar-refractivity contribution >= 4 is 5.97 Å². The second kappa shape index (κ2) is 10.6. The zero-order valence-electron chi connectivity index (χ0n) is 16.4. The van der Waals surface area contributed by atoms with Gasteiger partial charge in [-0.15, -0.1) is 0 Å². The Kier molecular flexibility index (Phi) is 8.51. The fourth-order valence-corrected chi connectivity index (χ4v) is 4.58. The van der Waals surface area contributed by atoms with E-state index in [1.807, 2.05) is 44.2 Å². The van der Waals surface area contributed by atoms with E-state index in [9.17, 15) is 4.79 Å². The third-order valence-electron chi connectivity index (χ3n) is 6.20. The molecule has 2 nitrogen and oxygen atoms in total. The maximum absolute atomic E-state index is 12.3. The molecule has 0 spiro atoms. The molecule has 0 atom stereocenters. The molecule has 0 aromatic heterocycles. The Balaban J connectivity index is 0.00000109. The molecule has 2 heteroatoms. The lowest BCUT2D eigenvalue weighted by Crippen LogP contribution is -2.30. The number of rotatable bonds is 4. The molecule has 2 aliphatic carbocycles. The topological polar surface area (TPSA) is 26.3 Å². The minimum absolute atomic E-state index is 0.0238. The Labute approximate surface area is 154 Å². The largest absolute Gasteiger partial charge is 0.426 e. The van der Waals surface area contributed by atoms with Gasteiger partial charge in [0.05, 0.1) is 5.92 Å². The molecule has 0 bridgehead atoms. The molecule has 2 aliphatic rings. The molecular weight excluding hydrogens is 308 g/mol. The van der Waals surface area contributed by atoms with Gasteiger partial charge >= 0.3 is 5.97 Å². The number of esters is 1. The van der Waals surface area contributed by atoms with Crippen molar-refractivity contribution in [1.29, 1.82) is 0 Å². The molecule has 0 aliphatic heterocycles. The highest BCUT2D eigenvalue weighted by atomic mass is 16.5. The number of hydrogen-bond donors (Lipinski definition) is 0. The van der Waals surface area contributed by atoms with Gasteiger partial charge in [-0.05, 0) is 68.4 Å². The average molecular weight is 345 g/mol. The summed E-state index contributed by atoms with van der Waals surface area (Å²) in [6, 6.07) is 9.47. The standard InChI is InChI=1S/C21H30O2.C2H6/c1-2-16-8-10-17(11-9-16)18-12-14-19(15-13-18)21(22)23-20-6-4-3-5-7-20;1-2/h3-7,16-19H,2,8-15H2,1H3;1-2H3. The van der Waals surface area contributed by atoms with Crippen LogP contribution in [-0.2, 0) is 4.79 Å². The summed E-state index contributed by atoms with van der Waals surface area (Å²) < 4.78 is 5.52. The van der Waals surface area contributed by atoms with Gasteiger partial charge in [0.2, 0.25) is 0 Å². The number of ether oxygens (including phenoxy) is 1. The van der Waals surface area contributed by atoms with Crippen molar-refractivity contribution in [1.82, 2.24) is 0 Å². The van der Waals surface area contributed by atoms with Crippen LogP contribution in [0.4, 0.5) is 0 Å². The summed E-state index contributed by atoms with van der Waals surface area (Å²) >= 11 is 0. The smallest absolute Gasteiger partial charge is 0.314 e. The number of benzene rings is 1. The molecule has 0 unspecified atom stereocenters. The molecule has 25 heavy (non-hydrogen) atoms. The number of hydrogen-bond acceptors (Lipinski definition) is 2. The number of para-hydroxylation sites is 1. The monoisotopic (exact) mass is 344 g/mol. The SMILES string of the molecule is CC.CCC1CCC(C2CCC(C(=O)Oc3ccccc3)CC2)CC1. The van der Waals surface area contributed by atoms with E-state index in [1.165, 1.54) is 44.9 Å². The summed E-state index contributed by atoms with van der Waals surface area (Å²) in [6.45, 7) is 6.33. The molecule has 0 heterocycles. The van der Waals surface area contributed by atoms with Gasteiger partial charge in [0, 0.05) is 0 Å². The van der Waals surface area contributed by atoms with Crippen LogP contribution < -0.4 is 4.74 Å². The molecular formula is C23H36O2. The molecule has 0 saturated heterocycles. The first-order chi connectivity index (χ1) is 12.3. The Morgan fingerprint density at radius 2 is 1.40 bits per heavy atom. The van der Waals surface area contributed by atoms with Crippen molar-refractivity contribution in [3.8, 4) is 5.75 Å². The van der Waals surface area contributed by atoms with Crippen molar-refractivity contribution in [3.63, 3.8) is 0 Å². The third kappa shape index (κ3) is 5.87. The van der Waals surface area contributed by atoms with Crippen LogP contribution in [-0.4, -0.2) is 5.97 Å². The van der Waals surface area contributed by atoms with Crippen molar-refractivity contribution in [2.45, 2.75) is 78.6 Å². The zero-order chi connectivity index (χ0) is 18.1. The van der Waals surface area contributed by atoms with Gasteiger partial charge in [0.25, 0.3) is 0 Å². The lowest BCUT2D eigenvalue weighted by Gasteiger charge is -2.37. The van der Waals surface area contributed by atoms with Crippen LogP contribution in [0, 0.1) is 23.7 Å². The highest BCUT2D eigenvalue weighted by Gasteiger charge is 2.33. The molecule has 1 aromatic rings. The van der Waals surface area contributed by atoms with Crippen LogP contribution in [0.1, 0.15) is 78.6 Å². The molecule has 0 N–H and O–H groups in total. The molecule has 3 rings (SSSR count). The molecule has 140 valence electrons. The van der Waals surface area contributed by atoms with Gasteiger partial charge in [-0.25, -0.2) is 0 Å². The van der Waals surface area contributed by atoms with Crippen molar-refractivity contribution in [2.75, 3.05) is 0 Å². The Morgan fingerprint density at radius 3 is 1.92 bits per heavy atom. The van der Waals surface area contributed by atoms with E-state index in [-0.39, 0.29) is 11.9 Å². The van der Waals surface area contributed by atoms with E-state index < -0.39 is 0 Å². The van der Waals surface area contributed by atoms with E-state index in [2.05, 4.69) is 6.92 Å². The van der Waals surface area contributed by atoms with Crippen molar-refractivity contribution < 1.29 is 9.53 Å². The minimum Gasteiger partial charge on any atom is -0.426 e. The lowest BCUT2D eigenvalue weighted by molar-refractivity contribution is -0.140. The first-order valence-electron chi connectivity index (χ1n) is 10.5. The summed E-state index contributed by atoms with van der Waals surface area (Å²) in [7, 11) is 0. The summed E-state index contributed by atoms with van der Waals surface area (Å²) in [5, 5.41) is 0. The van der Waals surface area contributed by atoms with E-state index in [1.54, 1.807) is 0 Å². The van der Waals surface area contributed by atoms with Crippen molar-refractivity contribution in [2.24, 2.45) is 23.7 Å². The third-order valence-corrected chi connectivity index (χ3v) is 6.20. The first kappa shape index (κ1) is 20.0. The quantitative estimate of drug-likeness (QED) is 0.452. The van der Waals surface area contributed by atoms with Crippen LogP contribution in [0.25, 0.3) is 0 Å². The van der Waals surface area contributed by atoms with E-state index >= 15 is 0 Å². The highest BCUT2D eigenvalue weighted by Crippen LogP contribution is 2.42. The summed E-state index contributed by atoms with van der Waals surface area (Å²) in [5.74, 6) is 3.52. The number of carbonyl (C=O) groups is 1. The Hall–Kier alpha value is -1.31. The zero-order valence-corrected chi connectivity index (χ0v) is 16.4. The summed E-state index contributed by atoms with van der Waals surface area (Å²) in [5.41, 5.74) is 0. The van der Waals surface area contributed by atoms with Gasteiger partial charge in [-0.2, -0.15) is 0 Å². The van der Waals surface area contributed by atoms with Gasteiger partial charge in [0.1, 0.15) is 5.75 Å². The fourth-order valence-electron chi connectivity index (χ4n) is 4.58. The van der Waals surface area contributed by atoms with Gasteiger partial charge in [-0.1, -0.05) is 58.2 Å². The highest BCUT2D eigenvalue weighted by molar-refractivity contribution is 5.75. The Bertz CT molecular complexity index is 480. The predicted molar refractivity (Wildman–Crippen MR) is 105 cm³/mol. The van der Waals surface area contributed by atoms with Crippen LogP contribution in [0.3, 0.4) is 0 Å². The van der Waals surface area contributed by atoms with Crippen LogP contribution in [0.5, 0.6) is 5.75 Å². The minimum atomic E-state index is -0.0238. The first-order valence-corrected chi connectivity index (χ1v) is 10.5. The summed E-state index contributed by atoms with van der Waals surface area (Å²) in [6.07, 6.45) is 11.5. The normalized spacial score (nSPS) is 29.2. The van der Waals surface area contributed by atoms with Gasteiger partial charge in [-0.3, -0.25) is 4.79 Å². The van der Waals surface area contributed by atoms with Gasteiger partial charge in [0.15, 0.2) is 0 Å². The van der Waals surface area contributed by atoms with E-state index in [4.69, 9.17) is 4.74 Å². The van der Waals surface area contributed by atoms with Crippen LogP contribution >= 0.6 is 0 Å². The van der Waals surface area contributed by atoms with Crippen LogP contribution in [0.2, 0.25) is 0 Å². The predicted octanol–water partition coefficient (Wildman–Crippen LogP) is 6.64. The second-order valence-electron chi connectivity index (χ2n) is 7.53. The lowest BCUT2D eigenvalue weighted by atomic mass is 9.69. The van der Waals surface area contributed by atoms with Crippen molar-refractivity contribution in [3.05, 3.63) is 30.3 Å². The summed E-state index contributed by atoms with van der Waals surface area (Å²) in [4.78, 5) is 12.3. The van der Waals surface area contributed by atoms with E-state index in [0.717, 1.165) is 30.6 Å². The molecule has 2 fully saturated rings. The maximum atomic E-state index is 12.3. The molecule has 0 radical (unpaired) electrons. The van der Waals surface area contributed by atoms with Gasteiger partial charge < -0.3 is 4.74 Å². The van der Waals surface area contributed by atoms with Crippen LogP contribution in [0.15, 0.2) is 30.3 Å². The average Bonchev–Trinajstić information content (AvgIpc) is 2.70. The maximum Gasteiger partial charge on any atom is 0.314 e. The van der Waals surface area contributed by atoms with E-state index in [0.29, 0.717) is 5.75 Å². The Morgan fingerprint density at radius 1 is 0.880 bits per heavy atom. The molecule has 0 amide bonds. The second-order valence-corrected chi connectivity index (χ2v) is 7.53. The molecule has 1 aromatic carbocycles. The fraction of sp³-hybridized carbons (Fsp3) is 0.696.